The molecule has 1 unspecified atom stereocenters. The molecule has 90 valence electrons. The molecule has 6 nitrogen and oxygen atoms in total. The maximum absolute atomic E-state index is 10.9. The molecule has 1 aromatic rings. The largest absolute Gasteiger partial charge is 0.480 e. The van der Waals surface area contributed by atoms with Gasteiger partial charge in [-0.1, -0.05) is 15.9 Å². The normalized spacial score (nSPS) is 18.5. The molecule has 0 saturated heterocycles. The SMILES string of the molecule is O=C(O)C1Cc2c(Br)ccc([N+](=O)[O-])c2CN1. The Kier molecular flexibility index (Phi) is 3.12. The highest BCUT2D eigenvalue weighted by Crippen LogP contribution is 2.32. The van der Waals surface area contributed by atoms with Gasteiger partial charge in [-0.25, -0.2) is 0 Å². The molecule has 1 aromatic carbocycles. The molecule has 0 radical (unpaired) electrons. The third-order valence-electron chi connectivity index (χ3n) is 2.78. The highest BCUT2D eigenvalue weighted by Gasteiger charge is 2.29. The minimum atomic E-state index is -0.950. The minimum absolute atomic E-state index is 0.0274. The van der Waals surface area contributed by atoms with Gasteiger partial charge in [-0.2, -0.15) is 0 Å². The van der Waals surface area contributed by atoms with E-state index >= 15 is 0 Å². The van der Waals surface area contributed by atoms with Crippen molar-refractivity contribution in [3.63, 3.8) is 0 Å². The van der Waals surface area contributed by atoms with Gasteiger partial charge in [0, 0.05) is 29.1 Å². The van der Waals surface area contributed by atoms with Gasteiger partial charge in [-0.15, -0.1) is 0 Å². The van der Waals surface area contributed by atoms with Crippen LogP contribution in [0.15, 0.2) is 16.6 Å². The molecule has 0 saturated carbocycles. The Morgan fingerprint density at radius 3 is 2.82 bits per heavy atom. The van der Waals surface area contributed by atoms with E-state index < -0.39 is 16.9 Å². The van der Waals surface area contributed by atoms with E-state index in [9.17, 15) is 14.9 Å². The molecule has 1 atom stereocenters. The van der Waals surface area contributed by atoms with Crippen molar-refractivity contribution in [2.75, 3.05) is 0 Å². The number of nitrogens with zero attached hydrogens (tertiary/aromatic N) is 1. The summed E-state index contributed by atoms with van der Waals surface area (Å²) in [6.07, 6.45) is 0.243. The smallest absolute Gasteiger partial charge is 0.321 e. The summed E-state index contributed by atoms with van der Waals surface area (Å²) in [5.41, 5.74) is 1.28. The van der Waals surface area contributed by atoms with Crippen LogP contribution in [0.3, 0.4) is 0 Å². The number of hydrogen-bond donors (Lipinski definition) is 2. The average molecular weight is 301 g/mol. The second-order valence-corrected chi connectivity index (χ2v) is 4.61. The fourth-order valence-electron chi connectivity index (χ4n) is 1.92. The number of carboxylic acid groups (broad SMARTS) is 1. The molecule has 0 bridgehead atoms. The van der Waals surface area contributed by atoms with Crippen molar-refractivity contribution in [2.45, 2.75) is 19.0 Å². The maximum atomic E-state index is 10.9. The van der Waals surface area contributed by atoms with Crippen LogP contribution in [0, 0.1) is 10.1 Å². The number of nitro benzene ring substituents is 1. The Morgan fingerprint density at radius 2 is 2.24 bits per heavy atom. The van der Waals surface area contributed by atoms with E-state index in [0.717, 1.165) is 0 Å². The van der Waals surface area contributed by atoms with Crippen molar-refractivity contribution >= 4 is 27.6 Å². The first-order valence-corrected chi connectivity index (χ1v) is 5.71. The highest BCUT2D eigenvalue weighted by atomic mass is 79.9. The summed E-state index contributed by atoms with van der Waals surface area (Å²) in [6.45, 7) is 0.196. The lowest BCUT2D eigenvalue weighted by Crippen LogP contribution is -2.42. The van der Waals surface area contributed by atoms with Crippen LogP contribution in [0.1, 0.15) is 11.1 Å². The fraction of sp³-hybridized carbons (Fsp3) is 0.300. The van der Waals surface area contributed by atoms with Crippen LogP contribution in [0.5, 0.6) is 0 Å². The number of benzene rings is 1. The van der Waals surface area contributed by atoms with E-state index in [1.807, 2.05) is 0 Å². The lowest BCUT2D eigenvalue weighted by molar-refractivity contribution is -0.385. The zero-order valence-corrected chi connectivity index (χ0v) is 10.2. The van der Waals surface area contributed by atoms with Gasteiger partial charge in [-0.3, -0.25) is 20.2 Å². The number of halogens is 1. The van der Waals surface area contributed by atoms with Gasteiger partial charge in [0.05, 0.1) is 4.92 Å². The average Bonchev–Trinajstić information content (AvgIpc) is 2.28. The van der Waals surface area contributed by atoms with Crippen LogP contribution >= 0.6 is 15.9 Å². The maximum Gasteiger partial charge on any atom is 0.321 e. The number of hydrogen-bond acceptors (Lipinski definition) is 4. The van der Waals surface area contributed by atoms with Gasteiger partial charge < -0.3 is 5.11 Å². The third kappa shape index (κ3) is 2.16. The van der Waals surface area contributed by atoms with Crippen LogP contribution in [0.25, 0.3) is 0 Å². The summed E-state index contributed by atoms with van der Waals surface area (Å²) in [6, 6.07) is 2.31. The summed E-state index contributed by atoms with van der Waals surface area (Å²) >= 11 is 3.30. The second kappa shape index (κ2) is 4.42. The van der Waals surface area contributed by atoms with Gasteiger partial charge in [0.25, 0.3) is 5.69 Å². The number of fused-ring (bicyclic) bond motifs is 1. The van der Waals surface area contributed by atoms with E-state index in [1.165, 1.54) is 6.07 Å². The summed E-state index contributed by atoms with van der Waals surface area (Å²) in [7, 11) is 0. The summed E-state index contributed by atoms with van der Waals surface area (Å²) in [4.78, 5) is 21.3. The van der Waals surface area contributed by atoms with E-state index in [0.29, 0.717) is 15.6 Å². The topological polar surface area (TPSA) is 92.5 Å². The number of nitrogens with one attached hydrogen (secondary N) is 1. The van der Waals surface area contributed by atoms with Crippen molar-refractivity contribution in [1.82, 2.24) is 5.32 Å². The Morgan fingerprint density at radius 1 is 1.53 bits per heavy atom. The lowest BCUT2D eigenvalue weighted by Gasteiger charge is -2.23. The predicted molar refractivity (Wildman–Crippen MR) is 62.8 cm³/mol. The summed E-state index contributed by atoms with van der Waals surface area (Å²) < 4.78 is 0.714. The molecule has 2 rings (SSSR count). The van der Waals surface area contributed by atoms with Crippen molar-refractivity contribution in [1.29, 1.82) is 0 Å². The molecule has 2 N–H and O–H groups in total. The Bertz CT molecular complexity index is 503. The van der Waals surface area contributed by atoms with Crippen LogP contribution in [0.2, 0.25) is 0 Å². The minimum Gasteiger partial charge on any atom is -0.480 e. The van der Waals surface area contributed by atoms with E-state index in [-0.39, 0.29) is 18.7 Å². The zero-order chi connectivity index (χ0) is 12.6. The van der Waals surface area contributed by atoms with Gasteiger partial charge in [0.1, 0.15) is 6.04 Å². The quantitative estimate of drug-likeness (QED) is 0.637. The molecule has 17 heavy (non-hydrogen) atoms. The Labute approximate surface area is 105 Å². The number of carbonyl (C=O) groups is 1. The van der Waals surface area contributed by atoms with Gasteiger partial charge in [-0.05, 0) is 11.6 Å². The molecule has 0 aromatic heterocycles. The first kappa shape index (κ1) is 12.0. The molecular formula is C10H9BrN2O4. The third-order valence-corrected chi connectivity index (χ3v) is 3.52. The lowest BCUT2D eigenvalue weighted by atomic mass is 9.94. The van der Waals surface area contributed by atoms with Gasteiger partial charge >= 0.3 is 5.97 Å². The first-order valence-electron chi connectivity index (χ1n) is 4.91. The standard InChI is InChI=1S/C10H9BrN2O4/c11-7-1-2-9(13(16)17)6-4-12-8(10(14)15)3-5(6)7/h1-2,8,12H,3-4H2,(H,14,15). The first-order chi connectivity index (χ1) is 8.00. The van der Waals surface area contributed by atoms with Crippen molar-refractivity contribution in [2.24, 2.45) is 0 Å². The van der Waals surface area contributed by atoms with Crippen molar-refractivity contribution in [3.8, 4) is 0 Å². The molecule has 0 spiro atoms. The van der Waals surface area contributed by atoms with Crippen LogP contribution in [-0.4, -0.2) is 22.0 Å². The van der Waals surface area contributed by atoms with Crippen molar-refractivity contribution in [3.05, 3.63) is 37.8 Å². The summed E-state index contributed by atoms with van der Waals surface area (Å²) in [5.74, 6) is -0.950. The summed E-state index contributed by atoms with van der Waals surface area (Å²) in [5, 5.41) is 22.5. The molecule has 1 aliphatic rings. The van der Waals surface area contributed by atoms with E-state index in [2.05, 4.69) is 21.2 Å². The molecular weight excluding hydrogens is 292 g/mol. The van der Waals surface area contributed by atoms with Crippen LogP contribution < -0.4 is 5.32 Å². The second-order valence-electron chi connectivity index (χ2n) is 3.76. The molecule has 0 amide bonds. The monoisotopic (exact) mass is 300 g/mol. The van der Waals surface area contributed by atoms with E-state index in [4.69, 9.17) is 5.11 Å². The van der Waals surface area contributed by atoms with Crippen LogP contribution in [-0.2, 0) is 17.8 Å². The highest BCUT2D eigenvalue weighted by molar-refractivity contribution is 9.10. The Hall–Kier alpha value is -1.47. The van der Waals surface area contributed by atoms with E-state index in [1.54, 1.807) is 6.07 Å². The van der Waals surface area contributed by atoms with Gasteiger partial charge in [0.15, 0.2) is 0 Å². The molecule has 1 heterocycles. The fourth-order valence-corrected chi connectivity index (χ4v) is 2.45. The number of carboxylic acids is 1. The molecule has 1 aliphatic heterocycles. The number of aliphatic carboxylic acids is 1. The number of rotatable bonds is 2. The zero-order valence-electron chi connectivity index (χ0n) is 8.64. The molecule has 0 aliphatic carbocycles. The van der Waals surface area contributed by atoms with Crippen LogP contribution in [0.4, 0.5) is 5.69 Å². The molecule has 0 fully saturated rings. The number of nitro groups is 1. The molecule has 7 heteroatoms. The van der Waals surface area contributed by atoms with Crippen molar-refractivity contribution < 1.29 is 14.8 Å². The van der Waals surface area contributed by atoms with Gasteiger partial charge in [0.2, 0.25) is 0 Å². The Balaban J connectivity index is 2.47. The predicted octanol–water partition coefficient (Wildman–Crippen LogP) is 1.46.